The third-order valence-corrected chi connectivity index (χ3v) is 7.16. The van der Waals surface area contributed by atoms with Gasteiger partial charge >= 0.3 is 0 Å². The third kappa shape index (κ3) is 4.94. The molecule has 1 N–H and O–H groups in total. The minimum atomic E-state index is -0.185. The molecule has 35 heavy (non-hydrogen) atoms. The highest BCUT2D eigenvalue weighted by molar-refractivity contribution is 7.15. The summed E-state index contributed by atoms with van der Waals surface area (Å²) >= 11 is 7.96. The van der Waals surface area contributed by atoms with Gasteiger partial charge in [0.25, 0.3) is 0 Å². The van der Waals surface area contributed by atoms with E-state index in [4.69, 9.17) is 11.6 Å². The van der Waals surface area contributed by atoms with Gasteiger partial charge in [0.05, 0.1) is 18.3 Å². The van der Waals surface area contributed by atoms with Gasteiger partial charge in [-0.05, 0) is 47.0 Å². The lowest BCUT2D eigenvalue weighted by atomic mass is 9.98. The number of carbonyl (C=O) groups excluding carboxylic acids is 1. The Bertz CT molecular complexity index is 1520. The van der Waals surface area contributed by atoms with Gasteiger partial charge in [0, 0.05) is 34.6 Å². The molecular formula is C26H23ClN6OS. The normalized spacial score (nSPS) is 11.7. The highest BCUT2D eigenvalue weighted by Gasteiger charge is 2.20. The van der Waals surface area contributed by atoms with Crippen molar-refractivity contribution in [2.45, 2.75) is 32.6 Å². The van der Waals surface area contributed by atoms with Gasteiger partial charge in [-0.25, -0.2) is 4.98 Å². The Balaban J connectivity index is 1.33. The first kappa shape index (κ1) is 23.1. The Labute approximate surface area is 211 Å². The van der Waals surface area contributed by atoms with Gasteiger partial charge in [-0.15, -0.1) is 10.2 Å². The standard InChI is InChI=1S/C26H23ClN6OS/c1-26(2,3)24-31-32-25(35-24)30-23(34)14-18-4-5-19(12-20(18)27)21-15-29-22-13-17(8-11-33(21)22)16-6-9-28-10-7-16/h4-13,15H,14H2,1-3H3,(H,30,32,34). The lowest BCUT2D eigenvalue weighted by Gasteiger charge is -2.12. The molecule has 4 heterocycles. The first-order chi connectivity index (χ1) is 16.8. The van der Waals surface area contributed by atoms with Gasteiger partial charge < -0.3 is 5.32 Å². The number of fused-ring (bicyclic) bond motifs is 1. The van der Waals surface area contributed by atoms with E-state index in [1.54, 1.807) is 12.4 Å². The summed E-state index contributed by atoms with van der Waals surface area (Å²) in [6.45, 7) is 6.18. The maximum absolute atomic E-state index is 12.6. The molecule has 0 saturated heterocycles. The largest absolute Gasteiger partial charge is 0.300 e. The number of rotatable bonds is 5. The molecule has 0 radical (unpaired) electrons. The van der Waals surface area contributed by atoms with Crippen molar-refractivity contribution in [2.24, 2.45) is 0 Å². The number of imidazole rings is 1. The van der Waals surface area contributed by atoms with E-state index >= 15 is 0 Å². The number of hydrogen-bond acceptors (Lipinski definition) is 6. The van der Waals surface area contributed by atoms with Crippen molar-refractivity contribution >= 4 is 39.6 Å². The molecule has 0 aliphatic carbocycles. The fourth-order valence-electron chi connectivity index (χ4n) is 3.68. The number of anilines is 1. The molecule has 7 nitrogen and oxygen atoms in total. The van der Waals surface area contributed by atoms with Gasteiger partial charge in [-0.3, -0.25) is 14.2 Å². The summed E-state index contributed by atoms with van der Waals surface area (Å²) in [7, 11) is 0. The first-order valence-electron chi connectivity index (χ1n) is 11.1. The van der Waals surface area contributed by atoms with Crippen LogP contribution in [0.15, 0.2) is 67.3 Å². The topological polar surface area (TPSA) is 85.1 Å². The Morgan fingerprint density at radius 1 is 1.03 bits per heavy atom. The van der Waals surface area contributed by atoms with Crippen LogP contribution < -0.4 is 5.32 Å². The zero-order valence-electron chi connectivity index (χ0n) is 19.5. The van der Waals surface area contributed by atoms with Crippen LogP contribution >= 0.6 is 22.9 Å². The van der Waals surface area contributed by atoms with Crippen LogP contribution in [0, 0.1) is 0 Å². The number of aromatic nitrogens is 5. The Hall–Kier alpha value is -3.62. The quantitative estimate of drug-likeness (QED) is 0.316. The van der Waals surface area contributed by atoms with Crippen LogP contribution in [-0.2, 0) is 16.6 Å². The van der Waals surface area contributed by atoms with Crippen molar-refractivity contribution in [3.63, 3.8) is 0 Å². The maximum atomic E-state index is 12.6. The molecule has 0 atom stereocenters. The Kier molecular flexibility index (Phi) is 6.08. The van der Waals surface area contributed by atoms with E-state index in [-0.39, 0.29) is 17.7 Å². The van der Waals surface area contributed by atoms with Crippen LogP contribution in [0.4, 0.5) is 5.13 Å². The van der Waals surface area contributed by atoms with Crippen LogP contribution in [0.5, 0.6) is 0 Å². The molecular weight excluding hydrogens is 480 g/mol. The number of amides is 1. The molecule has 0 unspecified atom stereocenters. The Morgan fingerprint density at radius 3 is 2.54 bits per heavy atom. The molecule has 5 aromatic rings. The summed E-state index contributed by atoms with van der Waals surface area (Å²) in [5.74, 6) is -0.185. The number of hydrogen-bond donors (Lipinski definition) is 1. The molecule has 0 fully saturated rings. The molecule has 4 aromatic heterocycles. The molecule has 0 aliphatic rings. The average Bonchev–Trinajstić information content (AvgIpc) is 3.48. The SMILES string of the molecule is CC(C)(C)c1nnc(NC(=O)Cc2ccc(-c3cnc4cc(-c5ccncc5)ccn34)cc2Cl)s1. The summed E-state index contributed by atoms with van der Waals surface area (Å²) in [6, 6.07) is 13.7. The molecule has 0 aliphatic heterocycles. The van der Waals surface area contributed by atoms with E-state index in [1.165, 1.54) is 11.3 Å². The highest BCUT2D eigenvalue weighted by atomic mass is 35.5. The maximum Gasteiger partial charge on any atom is 0.230 e. The van der Waals surface area contributed by atoms with E-state index in [0.717, 1.165) is 38.6 Å². The van der Waals surface area contributed by atoms with Crippen LogP contribution in [-0.4, -0.2) is 30.5 Å². The third-order valence-electron chi connectivity index (χ3n) is 5.54. The van der Waals surface area contributed by atoms with Crippen LogP contribution in [0.2, 0.25) is 5.02 Å². The van der Waals surface area contributed by atoms with Gasteiger partial charge in [0.1, 0.15) is 10.7 Å². The fraction of sp³-hybridized carbons (Fsp3) is 0.192. The average molecular weight is 503 g/mol. The van der Waals surface area contributed by atoms with E-state index in [9.17, 15) is 4.79 Å². The summed E-state index contributed by atoms with van der Waals surface area (Å²) in [5, 5.41) is 13.0. The summed E-state index contributed by atoms with van der Waals surface area (Å²) in [5.41, 5.74) is 5.45. The number of nitrogens with zero attached hydrogens (tertiary/aromatic N) is 5. The molecule has 1 aromatic carbocycles. The molecule has 9 heteroatoms. The molecule has 176 valence electrons. The summed E-state index contributed by atoms with van der Waals surface area (Å²) in [4.78, 5) is 21.2. The second kappa shape index (κ2) is 9.20. The van der Waals surface area contributed by atoms with Crippen molar-refractivity contribution in [1.29, 1.82) is 0 Å². The smallest absolute Gasteiger partial charge is 0.230 e. The van der Waals surface area contributed by atoms with Gasteiger partial charge in [-0.1, -0.05) is 55.8 Å². The zero-order valence-corrected chi connectivity index (χ0v) is 21.1. The second-order valence-electron chi connectivity index (χ2n) is 9.22. The lowest BCUT2D eigenvalue weighted by Crippen LogP contribution is -2.14. The lowest BCUT2D eigenvalue weighted by molar-refractivity contribution is -0.115. The summed E-state index contributed by atoms with van der Waals surface area (Å²) < 4.78 is 2.02. The molecule has 0 bridgehead atoms. The Morgan fingerprint density at radius 2 is 1.83 bits per heavy atom. The number of pyridine rings is 2. The minimum absolute atomic E-state index is 0.113. The van der Waals surface area contributed by atoms with E-state index in [1.807, 2.05) is 59.3 Å². The minimum Gasteiger partial charge on any atom is -0.300 e. The van der Waals surface area contributed by atoms with Crippen LogP contribution in [0.1, 0.15) is 31.3 Å². The van der Waals surface area contributed by atoms with Crippen molar-refractivity contribution in [3.05, 3.63) is 82.8 Å². The molecule has 0 spiro atoms. The predicted octanol–water partition coefficient (Wildman–Crippen LogP) is 6.05. The predicted molar refractivity (Wildman–Crippen MR) is 140 cm³/mol. The van der Waals surface area contributed by atoms with Gasteiger partial charge in [0.15, 0.2) is 0 Å². The monoisotopic (exact) mass is 502 g/mol. The van der Waals surface area contributed by atoms with Gasteiger partial charge in [0.2, 0.25) is 11.0 Å². The number of halogens is 1. The number of nitrogens with one attached hydrogen (secondary N) is 1. The first-order valence-corrected chi connectivity index (χ1v) is 12.3. The number of benzene rings is 1. The van der Waals surface area contributed by atoms with Crippen molar-refractivity contribution in [3.8, 4) is 22.4 Å². The summed E-state index contributed by atoms with van der Waals surface area (Å²) in [6.07, 6.45) is 7.52. The van der Waals surface area contributed by atoms with Crippen LogP contribution in [0.3, 0.4) is 0 Å². The fourth-order valence-corrected chi connectivity index (χ4v) is 4.75. The van der Waals surface area contributed by atoms with Crippen molar-refractivity contribution in [1.82, 2.24) is 24.6 Å². The van der Waals surface area contributed by atoms with E-state index < -0.39 is 0 Å². The van der Waals surface area contributed by atoms with Crippen molar-refractivity contribution < 1.29 is 4.79 Å². The molecule has 0 saturated carbocycles. The second-order valence-corrected chi connectivity index (χ2v) is 10.6. The van der Waals surface area contributed by atoms with Gasteiger partial charge in [-0.2, -0.15) is 0 Å². The molecule has 1 amide bonds. The van der Waals surface area contributed by atoms with Crippen molar-refractivity contribution in [2.75, 3.05) is 5.32 Å². The number of carbonyl (C=O) groups is 1. The van der Waals surface area contributed by atoms with Crippen LogP contribution in [0.25, 0.3) is 28.0 Å². The highest BCUT2D eigenvalue weighted by Crippen LogP contribution is 2.30. The van der Waals surface area contributed by atoms with E-state index in [2.05, 4.69) is 46.3 Å². The van der Waals surface area contributed by atoms with E-state index in [0.29, 0.717) is 10.2 Å². The molecule has 5 rings (SSSR count). The zero-order chi connectivity index (χ0) is 24.6.